The molecule has 1 amide bonds. The number of fused-ring (bicyclic) bond motifs is 1. The third-order valence-electron chi connectivity index (χ3n) is 8.22. The van der Waals surface area contributed by atoms with E-state index in [0.717, 1.165) is 42.5 Å². The van der Waals surface area contributed by atoms with Crippen molar-refractivity contribution in [2.45, 2.75) is 85.7 Å². The first-order chi connectivity index (χ1) is 14.8. The molecule has 2 fully saturated rings. The number of thiocarbonyl (C=S) groups is 1. The van der Waals surface area contributed by atoms with E-state index in [0.29, 0.717) is 5.92 Å². The normalized spacial score (nSPS) is 31.3. The average molecular weight is 462 g/mol. The fraction of sp³-hybridized carbons (Fsp3) is 0.680. The standard InChI is InChI=1S/C25H39N3O3S/c1-15-12-17(13-16(2)21(15)30)26-22(32)28-27-20(29)14-19-24(5)10-7-9-23(3,4)18(24)8-11-25(19,6)31/h12-13,18-19,30-31H,7-11,14H2,1-6H3,(H,27,29)(H2,26,28,32)/t18-,19+,24-,25+/m0/s1. The van der Waals surface area contributed by atoms with Gasteiger partial charge in [-0.05, 0) is 98.7 Å². The lowest BCUT2D eigenvalue weighted by Gasteiger charge is -2.61. The molecule has 1 aromatic carbocycles. The number of rotatable bonds is 3. The molecule has 0 saturated heterocycles. The Bertz CT molecular complexity index is 875. The Kier molecular flexibility index (Phi) is 6.83. The lowest BCUT2D eigenvalue weighted by Crippen LogP contribution is -2.59. The van der Waals surface area contributed by atoms with E-state index in [1.807, 2.05) is 20.8 Å². The monoisotopic (exact) mass is 461 g/mol. The molecule has 7 heteroatoms. The Morgan fingerprint density at radius 1 is 1.09 bits per heavy atom. The lowest BCUT2D eigenvalue weighted by molar-refractivity contribution is -0.173. The number of nitrogens with one attached hydrogen (secondary N) is 3. The minimum Gasteiger partial charge on any atom is -0.507 e. The van der Waals surface area contributed by atoms with Crippen LogP contribution >= 0.6 is 12.2 Å². The molecule has 0 heterocycles. The van der Waals surface area contributed by atoms with Crippen LogP contribution in [0.1, 0.15) is 77.3 Å². The van der Waals surface area contributed by atoms with Gasteiger partial charge in [0.2, 0.25) is 5.91 Å². The average Bonchev–Trinajstić information content (AvgIpc) is 2.66. The number of aliphatic hydroxyl groups is 1. The largest absolute Gasteiger partial charge is 0.507 e. The summed E-state index contributed by atoms with van der Waals surface area (Å²) in [6.45, 7) is 12.5. The molecule has 0 unspecified atom stereocenters. The lowest BCUT2D eigenvalue weighted by atomic mass is 9.45. The first-order valence-electron chi connectivity index (χ1n) is 11.6. The topological polar surface area (TPSA) is 93.6 Å². The van der Waals surface area contributed by atoms with Crippen molar-refractivity contribution in [2.75, 3.05) is 5.32 Å². The first-order valence-corrected chi connectivity index (χ1v) is 12.1. The Morgan fingerprint density at radius 3 is 2.34 bits per heavy atom. The molecule has 178 valence electrons. The summed E-state index contributed by atoms with van der Waals surface area (Å²) in [5.74, 6) is 0.472. The maximum atomic E-state index is 12.9. The van der Waals surface area contributed by atoms with Gasteiger partial charge in [-0.15, -0.1) is 0 Å². The second kappa shape index (κ2) is 8.82. The molecule has 2 saturated carbocycles. The van der Waals surface area contributed by atoms with E-state index in [1.54, 1.807) is 12.1 Å². The van der Waals surface area contributed by atoms with Gasteiger partial charge in [-0.1, -0.05) is 27.2 Å². The summed E-state index contributed by atoms with van der Waals surface area (Å²) >= 11 is 5.32. The summed E-state index contributed by atoms with van der Waals surface area (Å²) in [5.41, 5.74) is 7.01. The predicted molar refractivity (Wildman–Crippen MR) is 132 cm³/mol. The molecular formula is C25H39N3O3S. The van der Waals surface area contributed by atoms with Crippen LogP contribution < -0.4 is 16.2 Å². The summed E-state index contributed by atoms with van der Waals surface area (Å²) in [7, 11) is 0. The molecule has 3 rings (SSSR count). The van der Waals surface area contributed by atoms with Gasteiger partial charge in [0.15, 0.2) is 5.11 Å². The number of carbonyl (C=O) groups is 1. The highest BCUT2D eigenvalue weighted by atomic mass is 32.1. The summed E-state index contributed by atoms with van der Waals surface area (Å²) in [4.78, 5) is 12.9. The second-order valence-electron chi connectivity index (χ2n) is 11.1. The van der Waals surface area contributed by atoms with Crippen molar-refractivity contribution in [1.82, 2.24) is 10.9 Å². The maximum Gasteiger partial charge on any atom is 0.238 e. The zero-order valence-electron chi connectivity index (χ0n) is 20.3. The number of hydrogen-bond donors (Lipinski definition) is 5. The SMILES string of the molecule is Cc1cc(NC(=S)NNC(=O)C[C@@H]2[C@@]3(C)CCCC(C)(C)[C@@H]3CC[C@@]2(C)O)cc(C)c1O. The zero-order chi connectivity index (χ0) is 23.9. The number of phenols is 1. The van der Waals surface area contributed by atoms with E-state index >= 15 is 0 Å². The molecule has 0 aliphatic heterocycles. The zero-order valence-corrected chi connectivity index (χ0v) is 21.1. The van der Waals surface area contributed by atoms with Gasteiger partial charge in [-0.2, -0.15) is 0 Å². The van der Waals surface area contributed by atoms with E-state index in [9.17, 15) is 15.0 Å². The Balaban J connectivity index is 1.63. The van der Waals surface area contributed by atoms with Gasteiger partial charge in [0.25, 0.3) is 0 Å². The van der Waals surface area contributed by atoms with Gasteiger partial charge in [-0.3, -0.25) is 15.6 Å². The number of amides is 1. The minimum absolute atomic E-state index is 0.0688. The highest BCUT2D eigenvalue weighted by Gasteiger charge is 2.58. The third-order valence-corrected chi connectivity index (χ3v) is 8.42. The van der Waals surface area contributed by atoms with E-state index in [2.05, 4.69) is 36.9 Å². The van der Waals surface area contributed by atoms with Crippen molar-refractivity contribution in [3.05, 3.63) is 23.3 Å². The van der Waals surface area contributed by atoms with Gasteiger partial charge >= 0.3 is 0 Å². The molecular weight excluding hydrogens is 422 g/mol. The number of aryl methyl sites for hydroxylation is 2. The van der Waals surface area contributed by atoms with Gasteiger partial charge in [0, 0.05) is 18.0 Å². The molecule has 2 aliphatic carbocycles. The number of anilines is 1. The van der Waals surface area contributed by atoms with Crippen LogP contribution in [-0.2, 0) is 4.79 Å². The molecule has 0 spiro atoms. The van der Waals surface area contributed by atoms with Crippen LogP contribution in [0.3, 0.4) is 0 Å². The number of carbonyl (C=O) groups excluding carboxylic acids is 1. The predicted octanol–water partition coefficient (Wildman–Crippen LogP) is 4.71. The number of benzene rings is 1. The van der Waals surface area contributed by atoms with E-state index in [4.69, 9.17) is 12.2 Å². The van der Waals surface area contributed by atoms with Crippen molar-refractivity contribution in [2.24, 2.45) is 22.7 Å². The van der Waals surface area contributed by atoms with E-state index < -0.39 is 5.60 Å². The third kappa shape index (κ3) is 4.88. The van der Waals surface area contributed by atoms with Crippen LogP contribution in [0.25, 0.3) is 0 Å². The van der Waals surface area contributed by atoms with Gasteiger partial charge in [-0.25, -0.2) is 0 Å². The molecule has 2 aliphatic rings. The van der Waals surface area contributed by atoms with Gasteiger partial charge in [0.1, 0.15) is 5.75 Å². The molecule has 0 bridgehead atoms. The Labute approximate surface area is 197 Å². The fourth-order valence-corrected chi connectivity index (χ4v) is 6.80. The minimum atomic E-state index is -0.865. The molecule has 5 N–H and O–H groups in total. The van der Waals surface area contributed by atoms with E-state index in [1.165, 1.54) is 6.42 Å². The number of phenolic OH excluding ortho intramolecular Hbond substituents is 1. The van der Waals surface area contributed by atoms with Crippen molar-refractivity contribution < 1.29 is 15.0 Å². The second-order valence-corrected chi connectivity index (χ2v) is 11.5. The van der Waals surface area contributed by atoms with Crippen molar-refractivity contribution in [3.63, 3.8) is 0 Å². The summed E-state index contributed by atoms with van der Waals surface area (Å²) in [5, 5.41) is 24.5. The molecule has 6 nitrogen and oxygen atoms in total. The van der Waals surface area contributed by atoms with Crippen LogP contribution in [0, 0.1) is 36.5 Å². The van der Waals surface area contributed by atoms with Crippen LogP contribution in [-0.4, -0.2) is 26.8 Å². The highest BCUT2D eigenvalue weighted by molar-refractivity contribution is 7.80. The molecule has 4 atom stereocenters. The maximum absolute atomic E-state index is 12.9. The van der Waals surface area contributed by atoms with Crippen molar-refractivity contribution in [1.29, 1.82) is 0 Å². The van der Waals surface area contributed by atoms with Crippen LogP contribution in [0.5, 0.6) is 5.75 Å². The van der Waals surface area contributed by atoms with E-state index in [-0.39, 0.29) is 39.9 Å². The number of aromatic hydroxyl groups is 1. The molecule has 0 radical (unpaired) electrons. The Morgan fingerprint density at radius 2 is 1.72 bits per heavy atom. The molecule has 0 aromatic heterocycles. The number of hydrazine groups is 1. The summed E-state index contributed by atoms with van der Waals surface area (Å²) in [6.07, 6.45) is 5.36. The summed E-state index contributed by atoms with van der Waals surface area (Å²) < 4.78 is 0. The first kappa shape index (κ1) is 24.8. The Hall–Kier alpha value is -1.86. The van der Waals surface area contributed by atoms with Crippen molar-refractivity contribution in [3.8, 4) is 5.75 Å². The van der Waals surface area contributed by atoms with Crippen molar-refractivity contribution >= 4 is 28.9 Å². The van der Waals surface area contributed by atoms with Gasteiger partial charge in [0.05, 0.1) is 5.60 Å². The smallest absolute Gasteiger partial charge is 0.238 e. The summed E-state index contributed by atoms with van der Waals surface area (Å²) in [6, 6.07) is 3.59. The van der Waals surface area contributed by atoms with Crippen LogP contribution in [0.2, 0.25) is 0 Å². The molecule has 32 heavy (non-hydrogen) atoms. The van der Waals surface area contributed by atoms with Crippen LogP contribution in [0.15, 0.2) is 12.1 Å². The highest BCUT2D eigenvalue weighted by Crippen LogP contribution is 2.62. The van der Waals surface area contributed by atoms with Gasteiger partial charge < -0.3 is 15.5 Å². The van der Waals surface area contributed by atoms with Crippen LogP contribution in [0.4, 0.5) is 5.69 Å². The number of hydrogen-bond acceptors (Lipinski definition) is 4. The quantitative estimate of drug-likeness (QED) is 0.254. The fourth-order valence-electron chi connectivity index (χ4n) is 6.63. The molecule has 1 aromatic rings.